The van der Waals surface area contributed by atoms with Crippen molar-refractivity contribution in [1.82, 2.24) is 0 Å². The second-order valence-corrected chi connectivity index (χ2v) is 4.47. The number of ether oxygens (including phenoxy) is 1. The molecule has 0 aliphatic heterocycles. The lowest BCUT2D eigenvalue weighted by Gasteiger charge is -2.13. The smallest absolute Gasteiger partial charge is 0.136 e. The predicted octanol–water partition coefficient (Wildman–Crippen LogP) is 3.51. The summed E-state index contributed by atoms with van der Waals surface area (Å²) in [5.74, 6) is 1.13. The number of hydrogen-bond donors (Lipinski definition) is 0. The Bertz CT molecular complexity index is 296. The molecule has 0 atom stereocenters. The molecule has 1 aromatic rings. The molecule has 0 saturated heterocycles. The summed E-state index contributed by atoms with van der Waals surface area (Å²) in [5, 5.41) is 0. The molecule has 2 heteroatoms. The van der Waals surface area contributed by atoms with Gasteiger partial charge in [0.2, 0.25) is 0 Å². The van der Waals surface area contributed by atoms with E-state index in [1.165, 1.54) is 23.3 Å². The lowest BCUT2D eigenvalue weighted by molar-refractivity contribution is 0.293. The van der Waals surface area contributed by atoms with Gasteiger partial charge in [-0.3, -0.25) is 0 Å². The second kappa shape index (κ2) is 4.26. The molecule has 0 unspecified atom stereocenters. The molecule has 14 heavy (non-hydrogen) atoms. The molecular formula is C12H16OS. The highest BCUT2D eigenvalue weighted by Crippen LogP contribution is 2.36. The van der Waals surface area contributed by atoms with Gasteiger partial charge in [-0.25, -0.2) is 0 Å². The van der Waals surface area contributed by atoms with Crippen LogP contribution in [0, 0.1) is 0 Å². The number of thioether (sulfide) groups is 1. The van der Waals surface area contributed by atoms with Gasteiger partial charge in [-0.05, 0) is 37.1 Å². The van der Waals surface area contributed by atoms with Crippen molar-refractivity contribution in [2.24, 2.45) is 0 Å². The minimum atomic E-state index is 0.494. The van der Waals surface area contributed by atoms with Crippen LogP contribution in [0.2, 0.25) is 0 Å². The molecule has 0 radical (unpaired) electrons. The van der Waals surface area contributed by atoms with Crippen LogP contribution in [0.4, 0.5) is 0 Å². The molecular weight excluding hydrogens is 192 g/mol. The molecule has 1 aromatic carbocycles. The minimum Gasteiger partial charge on any atom is -0.489 e. The molecule has 0 amide bonds. The van der Waals surface area contributed by atoms with E-state index in [-0.39, 0.29) is 0 Å². The van der Waals surface area contributed by atoms with Gasteiger partial charge in [0.05, 0.1) is 6.10 Å². The molecule has 0 bridgehead atoms. The summed E-state index contributed by atoms with van der Waals surface area (Å²) >= 11 is 1.77. The number of benzene rings is 1. The molecule has 1 saturated carbocycles. The summed E-state index contributed by atoms with van der Waals surface area (Å²) in [6, 6.07) is 6.42. The molecule has 2 rings (SSSR count). The van der Waals surface area contributed by atoms with Gasteiger partial charge in [0.25, 0.3) is 0 Å². The van der Waals surface area contributed by atoms with Crippen molar-refractivity contribution in [3.8, 4) is 5.75 Å². The van der Waals surface area contributed by atoms with E-state index < -0.39 is 0 Å². The third-order valence-electron chi connectivity index (χ3n) is 2.47. The lowest BCUT2D eigenvalue weighted by Crippen LogP contribution is -2.00. The first kappa shape index (κ1) is 9.91. The van der Waals surface area contributed by atoms with E-state index in [0.717, 1.165) is 12.2 Å². The first-order valence-corrected chi connectivity index (χ1v) is 6.40. The Morgan fingerprint density at radius 2 is 2.21 bits per heavy atom. The van der Waals surface area contributed by atoms with Gasteiger partial charge in [0.15, 0.2) is 0 Å². The fourth-order valence-corrected chi connectivity index (χ4v) is 2.07. The van der Waals surface area contributed by atoms with E-state index in [1.54, 1.807) is 11.8 Å². The van der Waals surface area contributed by atoms with Crippen LogP contribution in [0.3, 0.4) is 0 Å². The molecule has 1 aliphatic carbocycles. The van der Waals surface area contributed by atoms with Gasteiger partial charge in [0.1, 0.15) is 5.75 Å². The first-order chi connectivity index (χ1) is 6.85. The molecule has 1 nitrogen and oxygen atoms in total. The maximum atomic E-state index is 5.95. The van der Waals surface area contributed by atoms with Crippen molar-refractivity contribution in [3.05, 3.63) is 23.8 Å². The Morgan fingerprint density at radius 1 is 1.43 bits per heavy atom. The summed E-state index contributed by atoms with van der Waals surface area (Å²) in [4.78, 5) is 1.27. The van der Waals surface area contributed by atoms with Crippen molar-refractivity contribution < 1.29 is 4.74 Å². The molecule has 0 heterocycles. The Balaban J connectivity index is 2.29. The number of rotatable bonds is 4. The van der Waals surface area contributed by atoms with E-state index in [2.05, 4.69) is 31.4 Å². The normalized spacial score (nSPS) is 15.6. The fourth-order valence-electron chi connectivity index (χ4n) is 1.49. The van der Waals surface area contributed by atoms with E-state index in [9.17, 15) is 0 Å². The Morgan fingerprint density at radius 3 is 2.79 bits per heavy atom. The standard InChI is InChI=1S/C12H16OS/c1-3-9-5-4-6-11(14-2)12(9)13-10-7-8-10/h4-6,10H,3,7-8H2,1-2H3. The molecule has 0 N–H and O–H groups in total. The monoisotopic (exact) mass is 208 g/mol. The van der Waals surface area contributed by atoms with Gasteiger partial charge in [-0.2, -0.15) is 0 Å². The number of hydrogen-bond acceptors (Lipinski definition) is 2. The Kier molecular flexibility index (Phi) is 3.02. The maximum Gasteiger partial charge on any atom is 0.136 e. The van der Waals surface area contributed by atoms with Gasteiger partial charge in [-0.15, -0.1) is 11.8 Å². The van der Waals surface area contributed by atoms with Crippen molar-refractivity contribution in [1.29, 1.82) is 0 Å². The highest BCUT2D eigenvalue weighted by atomic mass is 32.2. The van der Waals surface area contributed by atoms with E-state index in [1.807, 2.05) is 0 Å². The first-order valence-electron chi connectivity index (χ1n) is 5.17. The largest absolute Gasteiger partial charge is 0.489 e. The van der Waals surface area contributed by atoms with Crippen LogP contribution in [0.5, 0.6) is 5.75 Å². The average Bonchev–Trinajstić information content (AvgIpc) is 3.02. The van der Waals surface area contributed by atoms with Gasteiger partial charge in [0, 0.05) is 4.90 Å². The molecule has 0 spiro atoms. The zero-order chi connectivity index (χ0) is 9.97. The zero-order valence-corrected chi connectivity index (χ0v) is 9.56. The van der Waals surface area contributed by atoms with Crippen molar-refractivity contribution in [2.75, 3.05) is 6.26 Å². The lowest BCUT2D eigenvalue weighted by atomic mass is 10.1. The van der Waals surface area contributed by atoms with Crippen molar-refractivity contribution in [2.45, 2.75) is 37.2 Å². The highest BCUT2D eigenvalue weighted by molar-refractivity contribution is 7.98. The third-order valence-corrected chi connectivity index (χ3v) is 3.23. The summed E-state index contributed by atoms with van der Waals surface area (Å²) in [7, 11) is 0. The topological polar surface area (TPSA) is 9.23 Å². The highest BCUT2D eigenvalue weighted by Gasteiger charge is 2.25. The zero-order valence-electron chi connectivity index (χ0n) is 8.75. The van der Waals surface area contributed by atoms with Crippen LogP contribution >= 0.6 is 11.8 Å². The summed E-state index contributed by atoms with van der Waals surface area (Å²) in [5.41, 5.74) is 1.34. The summed E-state index contributed by atoms with van der Waals surface area (Å²) in [6.07, 6.45) is 6.11. The van der Waals surface area contributed by atoms with Crippen LogP contribution in [-0.2, 0) is 6.42 Å². The molecule has 1 aliphatic rings. The number of para-hydroxylation sites is 1. The molecule has 0 aromatic heterocycles. The van der Waals surface area contributed by atoms with E-state index in [0.29, 0.717) is 6.10 Å². The van der Waals surface area contributed by atoms with Crippen LogP contribution in [0.15, 0.2) is 23.1 Å². The third kappa shape index (κ3) is 2.06. The van der Waals surface area contributed by atoms with Crippen LogP contribution < -0.4 is 4.74 Å². The second-order valence-electron chi connectivity index (χ2n) is 3.62. The van der Waals surface area contributed by atoms with Crippen molar-refractivity contribution >= 4 is 11.8 Å². The van der Waals surface area contributed by atoms with Crippen LogP contribution in [0.25, 0.3) is 0 Å². The van der Waals surface area contributed by atoms with Gasteiger partial charge < -0.3 is 4.74 Å². The van der Waals surface area contributed by atoms with Gasteiger partial charge in [-0.1, -0.05) is 19.1 Å². The Hall–Kier alpha value is -0.630. The van der Waals surface area contributed by atoms with Crippen LogP contribution in [0.1, 0.15) is 25.3 Å². The molecule has 76 valence electrons. The predicted molar refractivity (Wildman–Crippen MR) is 61.3 cm³/mol. The van der Waals surface area contributed by atoms with E-state index >= 15 is 0 Å². The average molecular weight is 208 g/mol. The fraction of sp³-hybridized carbons (Fsp3) is 0.500. The maximum absolute atomic E-state index is 5.95. The number of aryl methyl sites for hydroxylation is 1. The Labute approximate surface area is 89.9 Å². The van der Waals surface area contributed by atoms with Gasteiger partial charge >= 0.3 is 0 Å². The SMILES string of the molecule is CCc1cccc(SC)c1OC1CC1. The minimum absolute atomic E-state index is 0.494. The van der Waals surface area contributed by atoms with E-state index in [4.69, 9.17) is 4.74 Å². The van der Waals surface area contributed by atoms with Crippen LogP contribution in [-0.4, -0.2) is 12.4 Å². The quantitative estimate of drug-likeness (QED) is 0.700. The summed E-state index contributed by atoms with van der Waals surface area (Å²) < 4.78 is 5.95. The molecule has 1 fully saturated rings. The summed E-state index contributed by atoms with van der Waals surface area (Å²) in [6.45, 7) is 2.18. The van der Waals surface area contributed by atoms with Crippen molar-refractivity contribution in [3.63, 3.8) is 0 Å².